The van der Waals surface area contributed by atoms with Crippen molar-refractivity contribution in [3.8, 4) is 5.69 Å². The molecular weight excluding hydrogens is 439 g/mol. The summed E-state index contributed by atoms with van der Waals surface area (Å²) in [5.41, 5.74) is 1.71. The Labute approximate surface area is 173 Å². The maximum absolute atomic E-state index is 13.7. The molecule has 148 valence electrons. The third-order valence-electron chi connectivity index (χ3n) is 5.46. The molecule has 1 heterocycles. The van der Waals surface area contributed by atoms with E-state index in [-0.39, 0.29) is 16.0 Å². The van der Waals surface area contributed by atoms with Crippen molar-refractivity contribution in [1.82, 2.24) is 9.55 Å². The fraction of sp³-hybridized carbons (Fsp3) is 0.333. The minimum absolute atomic E-state index is 0.0767. The molecule has 0 aliphatic carbocycles. The highest BCUT2D eigenvalue weighted by atomic mass is 79.9. The highest BCUT2D eigenvalue weighted by Gasteiger charge is 2.37. The van der Waals surface area contributed by atoms with Crippen LogP contribution in [0.5, 0.6) is 0 Å². The first kappa shape index (κ1) is 20.9. The summed E-state index contributed by atoms with van der Waals surface area (Å²) in [6.45, 7) is 11.3. The normalized spacial score (nSPS) is 12.5. The van der Waals surface area contributed by atoms with E-state index in [9.17, 15) is 9.18 Å². The molecule has 0 N–H and O–H groups in total. The number of benzene rings is 2. The van der Waals surface area contributed by atoms with Gasteiger partial charge in [0.15, 0.2) is 8.32 Å². The number of fused-ring (bicyclic) bond motifs is 1. The van der Waals surface area contributed by atoms with Gasteiger partial charge in [-0.1, -0.05) is 42.8 Å². The molecule has 0 saturated carbocycles. The summed E-state index contributed by atoms with van der Waals surface area (Å²) in [7, 11) is -1.97. The Balaban J connectivity index is 2.09. The molecule has 0 fully saturated rings. The van der Waals surface area contributed by atoms with Gasteiger partial charge in [0.25, 0.3) is 5.56 Å². The zero-order valence-electron chi connectivity index (χ0n) is 16.7. The van der Waals surface area contributed by atoms with Crippen LogP contribution in [0.4, 0.5) is 4.39 Å². The van der Waals surface area contributed by atoms with Crippen LogP contribution in [-0.4, -0.2) is 17.9 Å². The van der Waals surface area contributed by atoms with Gasteiger partial charge in [0, 0.05) is 10.0 Å². The average Bonchev–Trinajstić information content (AvgIpc) is 2.60. The van der Waals surface area contributed by atoms with Gasteiger partial charge in [-0.2, -0.15) is 0 Å². The first-order valence-electron chi connectivity index (χ1n) is 9.10. The predicted octanol–water partition coefficient (Wildman–Crippen LogP) is 5.81. The quantitative estimate of drug-likeness (QED) is 0.459. The zero-order chi connectivity index (χ0) is 20.7. The first-order valence-corrected chi connectivity index (χ1v) is 12.8. The minimum atomic E-state index is -1.97. The van der Waals surface area contributed by atoms with Crippen molar-refractivity contribution < 1.29 is 8.82 Å². The monoisotopic (exact) mass is 462 g/mol. The Bertz CT molecular complexity index is 1090. The SMILES string of the molecule is CC(C)(C)[Si](C)(C)OCc1c(Br)cccc1-n1cnc2ccc(F)cc2c1=O. The van der Waals surface area contributed by atoms with Crippen molar-refractivity contribution in [1.29, 1.82) is 0 Å². The van der Waals surface area contributed by atoms with Crippen molar-refractivity contribution in [2.24, 2.45) is 0 Å². The van der Waals surface area contributed by atoms with E-state index in [1.165, 1.54) is 29.1 Å². The van der Waals surface area contributed by atoms with Crippen LogP contribution in [0.3, 0.4) is 0 Å². The van der Waals surface area contributed by atoms with Crippen molar-refractivity contribution >= 4 is 35.2 Å². The molecule has 0 aliphatic rings. The third kappa shape index (κ3) is 3.97. The highest BCUT2D eigenvalue weighted by molar-refractivity contribution is 9.10. The molecule has 0 radical (unpaired) electrons. The van der Waals surface area contributed by atoms with E-state index in [1.807, 2.05) is 18.2 Å². The van der Waals surface area contributed by atoms with Gasteiger partial charge in [0.2, 0.25) is 0 Å². The second kappa shape index (κ2) is 7.53. The van der Waals surface area contributed by atoms with Crippen LogP contribution in [0.25, 0.3) is 16.6 Å². The van der Waals surface area contributed by atoms with Crippen LogP contribution in [0.1, 0.15) is 26.3 Å². The van der Waals surface area contributed by atoms with Crippen molar-refractivity contribution in [3.05, 3.63) is 68.9 Å². The summed E-state index contributed by atoms with van der Waals surface area (Å²) in [6.07, 6.45) is 1.49. The molecule has 0 aliphatic heterocycles. The van der Waals surface area contributed by atoms with E-state index < -0.39 is 14.1 Å². The Hall–Kier alpha value is -1.83. The summed E-state index contributed by atoms with van der Waals surface area (Å²) < 4.78 is 22.4. The maximum Gasteiger partial charge on any atom is 0.265 e. The molecule has 0 unspecified atom stereocenters. The van der Waals surface area contributed by atoms with Gasteiger partial charge in [-0.3, -0.25) is 9.36 Å². The predicted molar refractivity (Wildman–Crippen MR) is 117 cm³/mol. The van der Waals surface area contributed by atoms with Crippen molar-refractivity contribution in [2.45, 2.75) is 45.5 Å². The molecular formula is C21H24BrFN2O2Si. The zero-order valence-corrected chi connectivity index (χ0v) is 19.3. The lowest BCUT2D eigenvalue weighted by Crippen LogP contribution is -2.40. The topological polar surface area (TPSA) is 44.1 Å². The number of aromatic nitrogens is 2. The lowest BCUT2D eigenvalue weighted by Gasteiger charge is -2.36. The van der Waals surface area contributed by atoms with Crippen molar-refractivity contribution in [3.63, 3.8) is 0 Å². The summed E-state index contributed by atoms with van der Waals surface area (Å²) in [4.78, 5) is 17.3. The molecule has 28 heavy (non-hydrogen) atoms. The van der Waals surface area contributed by atoms with E-state index >= 15 is 0 Å². The lowest BCUT2D eigenvalue weighted by atomic mass is 10.1. The molecule has 7 heteroatoms. The standard InChI is InChI=1S/C21H24BrFN2O2Si/c1-21(2,3)28(4,5)27-12-16-17(22)7-6-8-19(16)25-13-24-18-10-9-14(23)11-15(18)20(25)26/h6-11,13H,12H2,1-5H3. The van der Waals surface area contributed by atoms with Gasteiger partial charge in [-0.05, 0) is 48.5 Å². The number of halogens is 2. The smallest absolute Gasteiger partial charge is 0.265 e. The Morgan fingerprint density at radius 3 is 2.61 bits per heavy atom. The third-order valence-corrected chi connectivity index (χ3v) is 10.7. The summed E-state index contributed by atoms with van der Waals surface area (Å²) in [5.74, 6) is -0.458. The van der Waals surface area contributed by atoms with Crippen LogP contribution in [0.2, 0.25) is 18.1 Å². The number of rotatable bonds is 4. The van der Waals surface area contributed by atoms with E-state index in [4.69, 9.17) is 4.43 Å². The highest BCUT2D eigenvalue weighted by Crippen LogP contribution is 2.38. The molecule has 0 saturated heterocycles. The van der Waals surface area contributed by atoms with Crippen LogP contribution >= 0.6 is 15.9 Å². The van der Waals surface area contributed by atoms with Crippen LogP contribution in [0.15, 0.2) is 52.0 Å². The average molecular weight is 463 g/mol. The van der Waals surface area contributed by atoms with E-state index in [0.717, 1.165) is 10.0 Å². The van der Waals surface area contributed by atoms with E-state index in [2.05, 4.69) is 54.8 Å². The molecule has 3 aromatic rings. The van der Waals surface area contributed by atoms with Gasteiger partial charge in [-0.25, -0.2) is 9.37 Å². The van der Waals surface area contributed by atoms with Gasteiger partial charge in [0.05, 0.1) is 23.2 Å². The molecule has 3 rings (SSSR count). The van der Waals surface area contributed by atoms with E-state index in [0.29, 0.717) is 17.8 Å². The molecule has 0 amide bonds. The number of hydrogen-bond donors (Lipinski definition) is 0. The van der Waals surface area contributed by atoms with Crippen molar-refractivity contribution in [2.75, 3.05) is 0 Å². The minimum Gasteiger partial charge on any atom is -0.412 e. The first-order chi connectivity index (χ1) is 13.0. The second-order valence-electron chi connectivity index (χ2n) is 8.37. The van der Waals surface area contributed by atoms with Gasteiger partial charge >= 0.3 is 0 Å². The molecule has 4 nitrogen and oxygen atoms in total. The Morgan fingerprint density at radius 1 is 1.21 bits per heavy atom. The molecule has 0 spiro atoms. The second-order valence-corrected chi connectivity index (χ2v) is 14.0. The molecule has 1 aromatic heterocycles. The molecule has 0 atom stereocenters. The van der Waals surface area contributed by atoms with Gasteiger partial charge in [-0.15, -0.1) is 0 Å². The van der Waals surface area contributed by atoms with Crippen LogP contribution < -0.4 is 5.56 Å². The fourth-order valence-corrected chi connectivity index (χ4v) is 4.06. The maximum atomic E-state index is 13.7. The molecule has 0 bridgehead atoms. The Morgan fingerprint density at radius 2 is 1.93 bits per heavy atom. The Kier molecular flexibility index (Phi) is 5.62. The number of hydrogen-bond acceptors (Lipinski definition) is 3. The number of nitrogens with zero attached hydrogens (tertiary/aromatic N) is 2. The summed E-state index contributed by atoms with van der Waals surface area (Å²) in [5, 5.41) is 0.326. The summed E-state index contributed by atoms with van der Waals surface area (Å²) in [6, 6.07) is 9.67. The van der Waals surface area contributed by atoms with Crippen LogP contribution in [0, 0.1) is 5.82 Å². The van der Waals surface area contributed by atoms with Gasteiger partial charge < -0.3 is 4.43 Å². The van der Waals surface area contributed by atoms with E-state index in [1.54, 1.807) is 0 Å². The summed E-state index contributed by atoms with van der Waals surface area (Å²) >= 11 is 3.59. The van der Waals surface area contributed by atoms with Crippen LogP contribution in [-0.2, 0) is 11.0 Å². The molecule has 2 aromatic carbocycles. The van der Waals surface area contributed by atoms with Gasteiger partial charge in [0.1, 0.15) is 12.1 Å². The fourth-order valence-electron chi connectivity index (χ4n) is 2.65. The largest absolute Gasteiger partial charge is 0.412 e. The lowest BCUT2D eigenvalue weighted by molar-refractivity contribution is 0.275.